The Hall–Kier alpha value is -2.87. The number of hydrogen-bond donors (Lipinski definition) is 2. The summed E-state index contributed by atoms with van der Waals surface area (Å²) in [5.41, 5.74) is 1.65. The van der Waals surface area contributed by atoms with Crippen molar-refractivity contribution < 1.29 is 23.0 Å². The van der Waals surface area contributed by atoms with Gasteiger partial charge < -0.3 is 24.8 Å². The van der Waals surface area contributed by atoms with E-state index < -0.39 is 6.61 Å². The first-order valence-electron chi connectivity index (χ1n) is 9.39. The third kappa shape index (κ3) is 7.95. The molecule has 0 saturated heterocycles. The first-order chi connectivity index (χ1) is 14.1. The second-order valence-electron chi connectivity index (χ2n) is 5.95. The summed E-state index contributed by atoms with van der Waals surface area (Å²) in [6, 6.07) is 14.9. The molecule has 0 atom stereocenters. The summed E-state index contributed by atoms with van der Waals surface area (Å²) in [6.07, 6.45) is 0. The number of halogens is 2. The molecule has 2 aromatic carbocycles. The molecule has 0 spiro atoms. The van der Waals surface area contributed by atoms with Gasteiger partial charge in [0, 0.05) is 25.7 Å². The Morgan fingerprint density at radius 1 is 1.07 bits per heavy atom. The molecule has 6 nitrogen and oxygen atoms in total. The lowest BCUT2D eigenvalue weighted by atomic mass is 10.2. The Labute approximate surface area is 169 Å². The molecule has 2 N–H and O–H groups in total. The molecule has 29 heavy (non-hydrogen) atoms. The number of hydrogen-bond acceptors (Lipinski definition) is 4. The molecular weight excluding hydrogens is 380 g/mol. The molecule has 0 unspecified atom stereocenters. The van der Waals surface area contributed by atoms with E-state index in [-0.39, 0.29) is 18.0 Å². The van der Waals surface area contributed by atoms with E-state index in [9.17, 15) is 8.78 Å². The topological polar surface area (TPSA) is 64.1 Å². The minimum atomic E-state index is -2.94. The number of aliphatic imine (C=N–C) groups is 1. The van der Waals surface area contributed by atoms with Crippen LogP contribution in [0, 0.1) is 0 Å². The molecule has 0 amide bonds. The number of benzene rings is 2. The van der Waals surface area contributed by atoms with E-state index in [1.165, 1.54) is 0 Å². The van der Waals surface area contributed by atoms with Crippen LogP contribution in [-0.2, 0) is 17.9 Å². The minimum absolute atomic E-state index is 0.0264. The Morgan fingerprint density at radius 2 is 1.86 bits per heavy atom. The summed E-state index contributed by atoms with van der Waals surface area (Å²) in [5, 5.41) is 6.20. The number of guanidine groups is 1. The average molecular weight is 407 g/mol. The number of alkyl halides is 2. The van der Waals surface area contributed by atoms with Crippen LogP contribution in [0.15, 0.2) is 53.5 Å². The summed E-state index contributed by atoms with van der Waals surface area (Å²) in [6.45, 7) is 1.02. The van der Waals surface area contributed by atoms with Crippen molar-refractivity contribution in [2.75, 3.05) is 26.8 Å². The highest BCUT2D eigenvalue weighted by atomic mass is 19.3. The first-order valence-corrected chi connectivity index (χ1v) is 9.39. The van der Waals surface area contributed by atoms with Crippen LogP contribution >= 0.6 is 0 Å². The lowest BCUT2D eigenvalue weighted by Crippen LogP contribution is -2.38. The van der Waals surface area contributed by atoms with Gasteiger partial charge >= 0.3 is 6.61 Å². The maximum atomic E-state index is 12.8. The maximum Gasteiger partial charge on any atom is 0.387 e. The summed E-state index contributed by atoms with van der Waals surface area (Å²) in [7, 11) is 1.63. The Bertz CT molecular complexity index is 758. The smallest absolute Gasteiger partial charge is 0.387 e. The SMILES string of the molecule is CCOc1cccc(CNC(=NC)NCCOCc2ccccc2)c1OC(F)F. The second kappa shape index (κ2) is 12.6. The van der Waals surface area contributed by atoms with E-state index in [2.05, 4.69) is 20.4 Å². The number of rotatable bonds is 11. The predicted octanol–water partition coefficient (Wildman–Crippen LogP) is 3.57. The van der Waals surface area contributed by atoms with Crippen molar-refractivity contribution >= 4 is 5.96 Å². The van der Waals surface area contributed by atoms with Crippen LogP contribution < -0.4 is 20.1 Å². The van der Waals surface area contributed by atoms with Gasteiger partial charge in [0.25, 0.3) is 0 Å². The van der Waals surface area contributed by atoms with Gasteiger partial charge in [-0.3, -0.25) is 4.99 Å². The standard InChI is InChI=1S/C21H27F2N3O3/c1-3-28-18-11-7-10-17(19(18)29-20(22)23)14-26-21(24-2)25-12-13-27-15-16-8-5-4-6-9-16/h4-11,20H,3,12-15H2,1-2H3,(H2,24,25,26). The van der Waals surface area contributed by atoms with Gasteiger partial charge in [-0.25, -0.2) is 0 Å². The molecule has 0 aliphatic heterocycles. The second-order valence-corrected chi connectivity index (χ2v) is 5.95. The van der Waals surface area contributed by atoms with Crippen LogP contribution in [0.4, 0.5) is 8.78 Å². The Morgan fingerprint density at radius 3 is 2.55 bits per heavy atom. The summed E-state index contributed by atoms with van der Waals surface area (Å²) in [5.74, 6) is 0.834. The molecule has 158 valence electrons. The van der Waals surface area contributed by atoms with E-state index in [1.54, 1.807) is 32.2 Å². The summed E-state index contributed by atoms with van der Waals surface area (Å²) < 4.78 is 41.3. The summed E-state index contributed by atoms with van der Waals surface area (Å²) >= 11 is 0. The molecule has 0 aliphatic carbocycles. The first kappa shape index (κ1) is 22.4. The number of ether oxygens (including phenoxy) is 3. The zero-order chi connectivity index (χ0) is 20.9. The Kier molecular flexibility index (Phi) is 9.71. The van der Waals surface area contributed by atoms with E-state index in [0.717, 1.165) is 5.56 Å². The van der Waals surface area contributed by atoms with Crippen LogP contribution in [0.1, 0.15) is 18.1 Å². The third-order valence-corrected chi connectivity index (χ3v) is 3.89. The highest BCUT2D eigenvalue weighted by Gasteiger charge is 2.15. The van der Waals surface area contributed by atoms with Gasteiger partial charge in [-0.15, -0.1) is 0 Å². The average Bonchev–Trinajstić information content (AvgIpc) is 2.72. The third-order valence-electron chi connectivity index (χ3n) is 3.89. The van der Waals surface area contributed by atoms with Gasteiger partial charge in [-0.2, -0.15) is 8.78 Å². The molecule has 0 aromatic heterocycles. The van der Waals surface area contributed by atoms with Crippen molar-refractivity contribution in [3.05, 3.63) is 59.7 Å². The zero-order valence-corrected chi connectivity index (χ0v) is 16.7. The van der Waals surface area contributed by atoms with E-state index in [4.69, 9.17) is 9.47 Å². The quantitative estimate of drug-likeness (QED) is 0.339. The minimum Gasteiger partial charge on any atom is -0.490 e. The normalized spacial score (nSPS) is 11.4. The van der Waals surface area contributed by atoms with Gasteiger partial charge in [0.15, 0.2) is 17.5 Å². The lowest BCUT2D eigenvalue weighted by molar-refractivity contribution is -0.0520. The lowest BCUT2D eigenvalue weighted by Gasteiger charge is -2.17. The molecule has 2 aromatic rings. The molecule has 8 heteroatoms. The maximum absolute atomic E-state index is 12.8. The fourth-order valence-electron chi connectivity index (χ4n) is 2.60. The fourth-order valence-corrected chi connectivity index (χ4v) is 2.60. The van der Waals surface area contributed by atoms with E-state index >= 15 is 0 Å². The Balaban J connectivity index is 1.83. The number of nitrogens with one attached hydrogen (secondary N) is 2. The monoisotopic (exact) mass is 407 g/mol. The van der Waals surface area contributed by atoms with Crippen molar-refractivity contribution in [3.8, 4) is 11.5 Å². The van der Waals surface area contributed by atoms with Crippen LogP contribution in [0.3, 0.4) is 0 Å². The fraction of sp³-hybridized carbons (Fsp3) is 0.381. The highest BCUT2D eigenvalue weighted by molar-refractivity contribution is 5.79. The van der Waals surface area contributed by atoms with Crippen LogP contribution in [-0.4, -0.2) is 39.4 Å². The van der Waals surface area contributed by atoms with Gasteiger partial charge in [-0.05, 0) is 18.6 Å². The molecular formula is C21H27F2N3O3. The molecule has 0 saturated carbocycles. The highest BCUT2D eigenvalue weighted by Crippen LogP contribution is 2.32. The van der Waals surface area contributed by atoms with Gasteiger partial charge in [0.05, 0.1) is 19.8 Å². The van der Waals surface area contributed by atoms with E-state index in [0.29, 0.717) is 37.9 Å². The van der Waals surface area contributed by atoms with Gasteiger partial charge in [0.2, 0.25) is 0 Å². The molecule has 0 heterocycles. The zero-order valence-electron chi connectivity index (χ0n) is 16.7. The van der Waals surface area contributed by atoms with Crippen LogP contribution in [0.25, 0.3) is 0 Å². The number of nitrogens with zero attached hydrogens (tertiary/aromatic N) is 1. The van der Waals surface area contributed by atoms with Gasteiger partial charge in [-0.1, -0.05) is 42.5 Å². The summed E-state index contributed by atoms with van der Waals surface area (Å²) in [4.78, 5) is 4.13. The van der Waals surface area contributed by atoms with Crippen molar-refractivity contribution in [3.63, 3.8) is 0 Å². The van der Waals surface area contributed by atoms with Crippen LogP contribution in [0.5, 0.6) is 11.5 Å². The van der Waals surface area contributed by atoms with Crippen molar-refractivity contribution in [2.45, 2.75) is 26.7 Å². The molecule has 0 bridgehead atoms. The molecule has 0 aliphatic rings. The molecule has 0 radical (unpaired) electrons. The van der Waals surface area contributed by atoms with E-state index in [1.807, 2.05) is 30.3 Å². The van der Waals surface area contributed by atoms with Crippen LogP contribution in [0.2, 0.25) is 0 Å². The van der Waals surface area contributed by atoms with Crippen molar-refractivity contribution in [2.24, 2.45) is 4.99 Å². The van der Waals surface area contributed by atoms with Crippen molar-refractivity contribution in [1.82, 2.24) is 10.6 Å². The predicted molar refractivity (Wildman–Crippen MR) is 109 cm³/mol. The largest absolute Gasteiger partial charge is 0.490 e. The van der Waals surface area contributed by atoms with Crippen molar-refractivity contribution in [1.29, 1.82) is 0 Å². The molecule has 0 fully saturated rings. The molecule has 2 rings (SSSR count). The number of para-hydroxylation sites is 1. The van der Waals surface area contributed by atoms with Gasteiger partial charge in [0.1, 0.15) is 0 Å².